The maximum absolute atomic E-state index is 13.5. The molecule has 0 saturated carbocycles. The van der Waals surface area contributed by atoms with E-state index in [-0.39, 0.29) is 18.2 Å². The maximum Gasteiger partial charge on any atom is 0.230 e. The van der Waals surface area contributed by atoms with Crippen LogP contribution >= 0.6 is 0 Å². The fourth-order valence-corrected chi connectivity index (χ4v) is 4.78. The molecule has 4 rings (SSSR count). The van der Waals surface area contributed by atoms with Crippen LogP contribution in [0, 0.1) is 5.41 Å². The summed E-state index contributed by atoms with van der Waals surface area (Å²) in [6.45, 7) is 1.10. The van der Waals surface area contributed by atoms with Crippen LogP contribution in [0.5, 0.6) is 0 Å². The molecule has 1 aliphatic heterocycles. The van der Waals surface area contributed by atoms with Crippen molar-refractivity contribution in [1.29, 1.82) is 0 Å². The number of pyridine rings is 2. The molecule has 0 aliphatic carbocycles. The van der Waals surface area contributed by atoms with Gasteiger partial charge in [-0.25, -0.2) is 0 Å². The van der Waals surface area contributed by atoms with Crippen molar-refractivity contribution in [3.63, 3.8) is 0 Å². The van der Waals surface area contributed by atoms with E-state index in [4.69, 9.17) is 0 Å². The van der Waals surface area contributed by atoms with Crippen LogP contribution in [0.1, 0.15) is 24.1 Å². The zero-order valence-corrected chi connectivity index (χ0v) is 19.3. The Morgan fingerprint density at radius 1 is 1.00 bits per heavy atom. The zero-order chi connectivity index (χ0) is 23.3. The summed E-state index contributed by atoms with van der Waals surface area (Å²) in [4.78, 5) is 38.5. The first-order valence-corrected chi connectivity index (χ1v) is 11.4. The molecule has 1 aliphatic rings. The van der Waals surface area contributed by atoms with Gasteiger partial charge in [-0.3, -0.25) is 19.6 Å². The Bertz CT molecular complexity index is 1100. The van der Waals surface area contributed by atoms with Gasteiger partial charge in [0, 0.05) is 51.5 Å². The second-order valence-corrected chi connectivity index (χ2v) is 9.01. The molecule has 170 valence electrons. The number of amides is 2. The van der Waals surface area contributed by atoms with Crippen molar-refractivity contribution < 1.29 is 9.59 Å². The van der Waals surface area contributed by atoms with Crippen molar-refractivity contribution in [2.45, 2.75) is 25.7 Å². The van der Waals surface area contributed by atoms with Crippen molar-refractivity contribution in [1.82, 2.24) is 19.8 Å². The van der Waals surface area contributed by atoms with E-state index in [0.717, 1.165) is 35.2 Å². The molecule has 33 heavy (non-hydrogen) atoms. The van der Waals surface area contributed by atoms with Gasteiger partial charge < -0.3 is 9.80 Å². The van der Waals surface area contributed by atoms with Crippen LogP contribution in [0.25, 0.3) is 11.1 Å². The molecule has 1 atom stereocenters. The van der Waals surface area contributed by atoms with Crippen molar-refractivity contribution in [2.24, 2.45) is 5.41 Å². The molecule has 6 nitrogen and oxygen atoms in total. The van der Waals surface area contributed by atoms with Crippen LogP contribution < -0.4 is 0 Å². The zero-order valence-electron chi connectivity index (χ0n) is 19.3. The van der Waals surface area contributed by atoms with E-state index < -0.39 is 5.41 Å². The van der Waals surface area contributed by atoms with E-state index in [2.05, 4.69) is 28.2 Å². The number of piperidine rings is 1. The number of carbonyl (C=O) groups is 2. The molecule has 1 unspecified atom stereocenters. The highest BCUT2D eigenvalue weighted by molar-refractivity contribution is 5.85. The quantitative estimate of drug-likeness (QED) is 0.585. The third-order valence-electron chi connectivity index (χ3n) is 6.33. The van der Waals surface area contributed by atoms with E-state index in [1.165, 1.54) is 0 Å². The monoisotopic (exact) mass is 442 g/mol. The summed E-state index contributed by atoms with van der Waals surface area (Å²) in [6.07, 6.45) is 7.68. The fraction of sp³-hybridized carbons (Fsp3) is 0.333. The van der Waals surface area contributed by atoms with E-state index >= 15 is 0 Å². The SMILES string of the molecule is CN(C)C(=O)C1(Cc2cccc(-c3ccncc3)c2)CCCN(C(=O)Cc2ccccn2)C1. The van der Waals surface area contributed by atoms with Gasteiger partial charge in [0.15, 0.2) is 0 Å². The Labute approximate surface area is 195 Å². The minimum atomic E-state index is -0.640. The van der Waals surface area contributed by atoms with Gasteiger partial charge >= 0.3 is 0 Å². The molecule has 0 spiro atoms. The topological polar surface area (TPSA) is 66.4 Å². The Hall–Kier alpha value is -3.54. The van der Waals surface area contributed by atoms with Crippen molar-refractivity contribution in [3.8, 4) is 11.1 Å². The molecule has 0 radical (unpaired) electrons. The summed E-state index contributed by atoms with van der Waals surface area (Å²) in [5.74, 6) is 0.0991. The molecule has 0 bridgehead atoms. The molecule has 1 saturated heterocycles. The number of aromatic nitrogens is 2. The number of rotatable bonds is 6. The first-order valence-electron chi connectivity index (χ1n) is 11.4. The Kier molecular flexibility index (Phi) is 6.82. The minimum Gasteiger partial charge on any atom is -0.348 e. The highest BCUT2D eigenvalue weighted by Gasteiger charge is 2.44. The first kappa shape index (κ1) is 22.6. The predicted octanol–water partition coefficient (Wildman–Crippen LogP) is 3.63. The van der Waals surface area contributed by atoms with Crippen LogP contribution in [-0.4, -0.2) is 58.8 Å². The normalized spacial score (nSPS) is 18.1. The van der Waals surface area contributed by atoms with Crippen LogP contribution in [0.2, 0.25) is 0 Å². The smallest absolute Gasteiger partial charge is 0.230 e. The summed E-state index contributed by atoms with van der Waals surface area (Å²) in [5, 5.41) is 0. The molecule has 6 heteroatoms. The summed E-state index contributed by atoms with van der Waals surface area (Å²) in [5.41, 5.74) is 3.40. The van der Waals surface area contributed by atoms with Crippen LogP contribution in [-0.2, 0) is 22.4 Å². The lowest BCUT2D eigenvalue weighted by molar-refractivity contribution is -0.147. The second kappa shape index (κ2) is 9.94. The van der Waals surface area contributed by atoms with Gasteiger partial charge in [-0.2, -0.15) is 0 Å². The second-order valence-electron chi connectivity index (χ2n) is 9.01. The average Bonchev–Trinajstić information content (AvgIpc) is 2.85. The number of nitrogens with zero attached hydrogens (tertiary/aromatic N) is 4. The van der Waals surface area contributed by atoms with Crippen molar-refractivity contribution in [2.75, 3.05) is 27.2 Å². The number of carbonyl (C=O) groups excluding carboxylic acids is 2. The highest BCUT2D eigenvalue weighted by atomic mass is 16.2. The summed E-state index contributed by atoms with van der Waals surface area (Å²) in [7, 11) is 3.60. The van der Waals surface area contributed by atoms with Gasteiger partial charge in [0.1, 0.15) is 0 Å². The van der Waals surface area contributed by atoms with Crippen LogP contribution in [0.15, 0.2) is 73.2 Å². The van der Waals surface area contributed by atoms with Crippen molar-refractivity contribution in [3.05, 3.63) is 84.4 Å². The van der Waals surface area contributed by atoms with Gasteiger partial charge in [-0.05, 0) is 60.2 Å². The molecule has 1 aromatic carbocycles. The van der Waals surface area contributed by atoms with Gasteiger partial charge in [-0.15, -0.1) is 0 Å². The molecule has 1 fully saturated rings. The van der Waals surface area contributed by atoms with Gasteiger partial charge in [0.2, 0.25) is 11.8 Å². The van der Waals surface area contributed by atoms with E-state index in [1.807, 2.05) is 41.3 Å². The number of likely N-dealkylation sites (tertiary alicyclic amines) is 1. The average molecular weight is 443 g/mol. The first-order chi connectivity index (χ1) is 16.0. The van der Waals surface area contributed by atoms with Gasteiger partial charge in [-0.1, -0.05) is 30.3 Å². The molecule has 2 amide bonds. The molecule has 3 heterocycles. The lowest BCUT2D eigenvalue weighted by Gasteiger charge is -2.43. The molecule has 2 aromatic heterocycles. The minimum absolute atomic E-state index is 0.0230. The van der Waals surface area contributed by atoms with E-state index in [9.17, 15) is 9.59 Å². The lowest BCUT2D eigenvalue weighted by atomic mass is 9.73. The lowest BCUT2D eigenvalue weighted by Crippen LogP contribution is -2.54. The number of benzene rings is 1. The Morgan fingerprint density at radius 3 is 2.55 bits per heavy atom. The summed E-state index contributed by atoms with van der Waals surface area (Å²) >= 11 is 0. The third-order valence-corrected chi connectivity index (χ3v) is 6.33. The summed E-state index contributed by atoms with van der Waals surface area (Å²) in [6, 6.07) is 17.9. The van der Waals surface area contributed by atoms with Crippen LogP contribution in [0.4, 0.5) is 0 Å². The fourth-order valence-electron chi connectivity index (χ4n) is 4.78. The summed E-state index contributed by atoms with van der Waals surface area (Å²) < 4.78 is 0. The largest absolute Gasteiger partial charge is 0.348 e. The van der Waals surface area contributed by atoms with E-state index in [0.29, 0.717) is 19.5 Å². The maximum atomic E-state index is 13.5. The molecule has 3 aromatic rings. The van der Waals surface area contributed by atoms with Gasteiger partial charge in [0.05, 0.1) is 11.8 Å². The number of hydrogen-bond acceptors (Lipinski definition) is 4. The third kappa shape index (κ3) is 5.28. The molecular weight excluding hydrogens is 412 g/mol. The predicted molar refractivity (Wildman–Crippen MR) is 128 cm³/mol. The number of hydrogen-bond donors (Lipinski definition) is 0. The highest BCUT2D eigenvalue weighted by Crippen LogP contribution is 2.36. The van der Waals surface area contributed by atoms with Crippen LogP contribution in [0.3, 0.4) is 0 Å². The van der Waals surface area contributed by atoms with Gasteiger partial charge in [0.25, 0.3) is 0 Å². The van der Waals surface area contributed by atoms with E-state index in [1.54, 1.807) is 37.6 Å². The molecule has 0 N–H and O–H groups in total. The standard InChI is InChI=1S/C27H30N4O2/c1-30(2)26(33)27(19-21-7-5-8-23(17-21)22-10-14-28-15-11-22)12-6-16-31(20-27)25(32)18-24-9-3-4-13-29-24/h3-5,7-11,13-15,17H,6,12,16,18-20H2,1-2H3. The Morgan fingerprint density at radius 2 is 1.82 bits per heavy atom. The Balaban J connectivity index is 1.59. The molecular formula is C27H30N4O2. The van der Waals surface area contributed by atoms with Crippen molar-refractivity contribution >= 4 is 11.8 Å².